The minimum atomic E-state index is -0.713. The Morgan fingerprint density at radius 2 is 1.61 bits per heavy atom. The van der Waals surface area contributed by atoms with Crippen molar-refractivity contribution in [2.24, 2.45) is 0 Å². The van der Waals surface area contributed by atoms with Crippen molar-refractivity contribution in [3.63, 3.8) is 0 Å². The van der Waals surface area contributed by atoms with E-state index in [1.165, 1.54) is 7.11 Å². The zero-order valence-corrected chi connectivity index (χ0v) is 25.8. The molecule has 0 aliphatic carbocycles. The number of carbonyl (C=O) groups excluding carboxylic acids is 3. The molecule has 1 N–H and O–H groups in total. The summed E-state index contributed by atoms with van der Waals surface area (Å²) in [5.74, 6) is 0.169. The molecule has 0 aliphatic rings. The van der Waals surface area contributed by atoms with Gasteiger partial charge in [0.25, 0.3) is 0 Å². The number of halogens is 1. The summed E-state index contributed by atoms with van der Waals surface area (Å²) in [5.41, 5.74) is 3.27. The molecular formula is C36H37ClN2O5. The van der Waals surface area contributed by atoms with Crippen LogP contribution in [0.25, 0.3) is 0 Å². The summed E-state index contributed by atoms with van der Waals surface area (Å²) in [6, 6.07) is 30.3. The van der Waals surface area contributed by atoms with E-state index >= 15 is 0 Å². The first-order valence-electron chi connectivity index (χ1n) is 14.7. The van der Waals surface area contributed by atoms with Crippen LogP contribution in [-0.4, -0.2) is 44.0 Å². The Kier molecular flexibility index (Phi) is 12.0. The number of hydrogen-bond donors (Lipinski definition) is 1. The molecule has 0 heterocycles. The van der Waals surface area contributed by atoms with Gasteiger partial charge in [-0.15, -0.1) is 0 Å². The van der Waals surface area contributed by atoms with Crippen molar-refractivity contribution < 1.29 is 23.9 Å². The third-order valence-corrected chi connectivity index (χ3v) is 7.30. The lowest BCUT2D eigenvalue weighted by Crippen LogP contribution is -2.33. The van der Waals surface area contributed by atoms with Crippen LogP contribution in [0.15, 0.2) is 103 Å². The number of ketones is 1. The summed E-state index contributed by atoms with van der Waals surface area (Å²) < 4.78 is 11.0. The Morgan fingerprint density at radius 3 is 2.32 bits per heavy atom. The number of carbonyl (C=O) groups is 3. The molecule has 0 saturated carbocycles. The second-order valence-electron chi connectivity index (χ2n) is 10.3. The van der Waals surface area contributed by atoms with Crippen molar-refractivity contribution in [1.82, 2.24) is 0 Å². The highest BCUT2D eigenvalue weighted by Crippen LogP contribution is 2.23. The number of amides is 1. The second-order valence-corrected chi connectivity index (χ2v) is 10.7. The quantitative estimate of drug-likeness (QED) is 0.0857. The lowest BCUT2D eigenvalue weighted by molar-refractivity contribution is -0.141. The maximum Gasteiger partial charge on any atom is 0.328 e. The normalized spacial score (nSPS) is 11.3. The van der Waals surface area contributed by atoms with Gasteiger partial charge in [-0.1, -0.05) is 79.2 Å². The maximum atomic E-state index is 13.2. The molecule has 1 atom stereocenters. The van der Waals surface area contributed by atoms with Gasteiger partial charge in [-0.25, -0.2) is 4.79 Å². The number of para-hydroxylation sites is 1. The van der Waals surface area contributed by atoms with Gasteiger partial charge >= 0.3 is 5.97 Å². The SMILES string of the molecule is CCCC(=O)N(CCCOc1ccc(CC(Nc2ccccc2C(=O)c2ccccc2)C(=O)OC)cc1)c1cccc(Cl)c1. The zero-order chi connectivity index (χ0) is 31.3. The van der Waals surface area contributed by atoms with E-state index in [4.69, 9.17) is 21.1 Å². The molecular weight excluding hydrogens is 576 g/mol. The minimum absolute atomic E-state index is 0.0555. The van der Waals surface area contributed by atoms with Gasteiger partial charge in [0.15, 0.2) is 5.78 Å². The van der Waals surface area contributed by atoms with Gasteiger partial charge < -0.3 is 19.7 Å². The van der Waals surface area contributed by atoms with Crippen molar-refractivity contribution in [2.75, 3.05) is 30.5 Å². The van der Waals surface area contributed by atoms with Crippen molar-refractivity contribution >= 4 is 40.6 Å². The van der Waals surface area contributed by atoms with Crippen LogP contribution in [0, 0.1) is 0 Å². The summed E-state index contributed by atoms with van der Waals surface area (Å²) in [7, 11) is 1.35. The molecule has 0 aliphatic heterocycles. The molecule has 228 valence electrons. The van der Waals surface area contributed by atoms with Crippen LogP contribution in [0.5, 0.6) is 5.75 Å². The number of hydrogen-bond acceptors (Lipinski definition) is 6. The summed E-state index contributed by atoms with van der Waals surface area (Å²) in [6.07, 6.45) is 2.21. The van der Waals surface area contributed by atoms with Crippen molar-refractivity contribution in [3.8, 4) is 5.75 Å². The fraction of sp³-hybridized carbons (Fsp3) is 0.250. The summed E-state index contributed by atoms with van der Waals surface area (Å²) in [5, 5.41) is 3.82. The third kappa shape index (κ3) is 8.94. The van der Waals surface area contributed by atoms with Crippen LogP contribution in [0.2, 0.25) is 5.02 Å². The topological polar surface area (TPSA) is 84.9 Å². The van der Waals surface area contributed by atoms with Gasteiger partial charge in [0.05, 0.1) is 13.7 Å². The predicted molar refractivity (Wildman–Crippen MR) is 175 cm³/mol. The monoisotopic (exact) mass is 612 g/mol. The highest BCUT2D eigenvalue weighted by Gasteiger charge is 2.23. The van der Waals surface area contributed by atoms with Gasteiger partial charge in [0, 0.05) is 46.9 Å². The van der Waals surface area contributed by atoms with Gasteiger partial charge in [0.2, 0.25) is 5.91 Å². The number of ether oxygens (including phenoxy) is 2. The van der Waals surface area contributed by atoms with Gasteiger partial charge in [-0.05, 0) is 60.9 Å². The molecule has 4 aromatic carbocycles. The van der Waals surface area contributed by atoms with E-state index in [-0.39, 0.29) is 11.7 Å². The molecule has 0 spiro atoms. The molecule has 44 heavy (non-hydrogen) atoms. The highest BCUT2D eigenvalue weighted by atomic mass is 35.5. The molecule has 7 nitrogen and oxygen atoms in total. The van der Waals surface area contributed by atoms with Crippen LogP contribution in [-0.2, 0) is 20.7 Å². The van der Waals surface area contributed by atoms with Gasteiger partial charge in [-0.3, -0.25) is 9.59 Å². The largest absolute Gasteiger partial charge is 0.494 e. The first-order chi connectivity index (χ1) is 21.4. The number of rotatable bonds is 15. The zero-order valence-electron chi connectivity index (χ0n) is 25.0. The summed E-state index contributed by atoms with van der Waals surface area (Å²) in [4.78, 5) is 40.4. The molecule has 0 fully saturated rings. The Hall–Kier alpha value is -4.62. The Morgan fingerprint density at radius 1 is 0.886 bits per heavy atom. The number of nitrogens with zero attached hydrogens (tertiary/aromatic N) is 1. The Labute approximate surface area is 263 Å². The van der Waals surface area contributed by atoms with Crippen LogP contribution in [0.1, 0.15) is 47.7 Å². The average molecular weight is 613 g/mol. The van der Waals surface area contributed by atoms with Crippen molar-refractivity contribution in [2.45, 2.75) is 38.6 Å². The van der Waals surface area contributed by atoms with Crippen LogP contribution in [0.4, 0.5) is 11.4 Å². The summed E-state index contributed by atoms with van der Waals surface area (Å²) in [6.45, 7) is 2.92. The lowest BCUT2D eigenvalue weighted by atomic mass is 10.00. The van der Waals surface area contributed by atoms with Crippen molar-refractivity contribution in [1.29, 1.82) is 0 Å². The molecule has 8 heteroatoms. The molecule has 4 aromatic rings. The van der Waals surface area contributed by atoms with E-state index in [2.05, 4.69) is 5.32 Å². The van der Waals surface area contributed by atoms with Crippen LogP contribution >= 0.6 is 11.6 Å². The standard InChI is InChI=1S/C36H37ClN2O5/c1-3-11-34(40)39(29-15-9-14-28(37)25-29)22-10-23-44-30-20-18-26(19-21-30)24-33(36(42)43-2)38-32-17-8-7-16-31(32)35(41)27-12-5-4-6-13-27/h4-9,12-21,25,33,38H,3,10-11,22-24H2,1-2H3. The van der Waals surface area contributed by atoms with Gasteiger partial charge in [-0.2, -0.15) is 0 Å². The fourth-order valence-electron chi connectivity index (χ4n) is 4.84. The lowest BCUT2D eigenvalue weighted by Gasteiger charge is -2.23. The number of methoxy groups -OCH3 is 1. The van der Waals surface area contributed by atoms with E-state index < -0.39 is 12.0 Å². The van der Waals surface area contributed by atoms with E-state index in [0.717, 1.165) is 17.7 Å². The van der Waals surface area contributed by atoms with Crippen LogP contribution < -0.4 is 15.0 Å². The maximum absolute atomic E-state index is 13.2. The average Bonchev–Trinajstić information content (AvgIpc) is 3.05. The van der Waals surface area contributed by atoms with Gasteiger partial charge in [0.1, 0.15) is 11.8 Å². The first-order valence-corrected chi connectivity index (χ1v) is 15.1. The minimum Gasteiger partial charge on any atom is -0.494 e. The molecule has 0 radical (unpaired) electrons. The molecule has 0 aromatic heterocycles. The molecule has 1 unspecified atom stereocenters. The second kappa shape index (κ2) is 16.3. The Bertz CT molecular complexity index is 1540. The molecule has 1 amide bonds. The molecule has 0 saturated heterocycles. The number of nitrogens with one attached hydrogen (secondary N) is 1. The third-order valence-electron chi connectivity index (χ3n) is 7.07. The Balaban J connectivity index is 1.36. The predicted octanol–water partition coefficient (Wildman–Crippen LogP) is 7.37. The fourth-order valence-corrected chi connectivity index (χ4v) is 5.02. The summed E-state index contributed by atoms with van der Waals surface area (Å²) >= 11 is 6.16. The van der Waals surface area contributed by atoms with Crippen LogP contribution in [0.3, 0.4) is 0 Å². The van der Waals surface area contributed by atoms with E-state index in [1.54, 1.807) is 47.4 Å². The number of anilines is 2. The van der Waals surface area contributed by atoms with E-state index in [1.807, 2.05) is 67.6 Å². The van der Waals surface area contributed by atoms with E-state index in [9.17, 15) is 14.4 Å². The van der Waals surface area contributed by atoms with Crippen molar-refractivity contribution in [3.05, 3.63) is 125 Å². The molecule has 0 bridgehead atoms. The number of esters is 1. The highest BCUT2D eigenvalue weighted by molar-refractivity contribution is 6.30. The number of benzene rings is 4. The molecule has 4 rings (SSSR count). The smallest absolute Gasteiger partial charge is 0.328 e. The van der Waals surface area contributed by atoms with E-state index in [0.29, 0.717) is 60.0 Å². The first kappa shape index (κ1) is 32.3.